The average Bonchev–Trinajstić information content (AvgIpc) is 3.14. The van der Waals surface area contributed by atoms with Crippen molar-refractivity contribution in [2.24, 2.45) is 5.92 Å². The number of benzene rings is 1. The summed E-state index contributed by atoms with van der Waals surface area (Å²) in [7, 11) is 0. The lowest BCUT2D eigenvalue weighted by Crippen LogP contribution is -2.39. The van der Waals surface area contributed by atoms with Gasteiger partial charge in [0.1, 0.15) is 0 Å². The zero-order chi connectivity index (χ0) is 16.5. The summed E-state index contributed by atoms with van der Waals surface area (Å²) in [5.41, 5.74) is 1.70. The number of halogens is 1. The number of rotatable bonds is 4. The van der Waals surface area contributed by atoms with E-state index in [1.165, 1.54) is 24.2 Å². The molecule has 4 rings (SSSR count). The van der Waals surface area contributed by atoms with Gasteiger partial charge in [0.25, 0.3) is 0 Å². The van der Waals surface area contributed by atoms with Crippen LogP contribution in [0, 0.1) is 5.92 Å². The van der Waals surface area contributed by atoms with Gasteiger partial charge in [0, 0.05) is 34.5 Å². The maximum Gasteiger partial charge on any atom is 0.226 e. The molecule has 24 heavy (non-hydrogen) atoms. The van der Waals surface area contributed by atoms with Crippen LogP contribution in [-0.4, -0.2) is 23.0 Å². The molecule has 2 fully saturated rings. The van der Waals surface area contributed by atoms with Gasteiger partial charge in [-0.1, -0.05) is 29.8 Å². The Hall–Kier alpha value is -1.43. The van der Waals surface area contributed by atoms with Gasteiger partial charge in [0.05, 0.1) is 5.69 Å². The molecular weight excluding hydrogens is 342 g/mol. The van der Waals surface area contributed by atoms with E-state index in [-0.39, 0.29) is 5.91 Å². The fourth-order valence-electron chi connectivity index (χ4n) is 3.90. The molecule has 1 aromatic carbocycles. The summed E-state index contributed by atoms with van der Waals surface area (Å²) >= 11 is 7.65. The Morgan fingerprint density at radius 2 is 2.04 bits per heavy atom. The molecule has 2 aromatic rings. The van der Waals surface area contributed by atoms with Crippen molar-refractivity contribution in [3.63, 3.8) is 0 Å². The molecule has 2 N–H and O–H groups in total. The number of carbonyl (C=O) groups is 1. The molecule has 2 saturated heterocycles. The van der Waals surface area contributed by atoms with Crippen LogP contribution in [0.15, 0.2) is 29.6 Å². The monoisotopic (exact) mass is 361 g/mol. The van der Waals surface area contributed by atoms with E-state index < -0.39 is 0 Å². The second kappa shape index (κ2) is 6.82. The first-order chi connectivity index (χ1) is 11.7. The number of nitrogens with one attached hydrogen (secondary N) is 2. The SMILES string of the molecule is O=C(CC1CC2CCC(C1)N2)Nc1nc(-c2ccccc2Cl)cs1. The van der Waals surface area contributed by atoms with Crippen LogP contribution in [0.3, 0.4) is 0 Å². The smallest absolute Gasteiger partial charge is 0.226 e. The molecule has 0 aliphatic carbocycles. The van der Waals surface area contributed by atoms with Crippen molar-refractivity contribution < 1.29 is 4.79 Å². The van der Waals surface area contributed by atoms with Crippen LogP contribution in [-0.2, 0) is 4.79 Å². The molecule has 2 atom stereocenters. The Balaban J connectivity index is 1.37. The molecular formula is C18H20ClN3OS. The first kappa shape index (κ1) is 16.1. The molecule has 6 heteroatoms. The highest BCUT2D eigenvalue weighted by molar-refractivity contribution is 7.14. The maximum atomic E-state index is 12.3. The molecule has 0 spiro atoms. The highest BCUT2D eigenvalue weighted by Gasteiger charge is 2.34. The van der Waals surface area contributed by atoms with Crippen molar-refractivity contribution in [3.05, 3.63) is 34.7 Å². The van der Waals surface area contributed by atoms with Gasteiger partial charge in [-0.2, -0.15) is 0 Å². The normalized spacial score (nSPS) is 25.6. The summed E-state index contributed by atoms with van der Waals surface area (Å²) < 4.78 is 0. The number of thiazole rings is 1. The van der Waals surface area contributed by atoms with Crippen LogP contribution in [0.5, 0.6) is 0 Å². The zero-order valence-electron chi connectivity index (χ0n) is 13.3. The average molecular weight is 362 g/mol. The van der Waals surface area contributed by atoms with Crippen LogP contribution in [0.1, 0.15) is 32.1 Å². The van der Waals surface area contributed by atoms with Crippen LogP contribution in [0.4, 0.5) is 5.13 Å². The van der Waals surface area contributed by atoms with E-state index in [0.29, 0.717) is 34.6 Å². The predicted molar refractivity (Wildman–Crippen MR) is 98.5 cm³/mol. The largest absolute Gasteiger partial charge is 0.311 e. The number of fused-ring (bicyclic) bond motifs is 2. The first-order valence-electron chi connectivity index (χ1n) is 8.43. The van der Waals surface area contributed by atoms with Gasteiger partial charge >= 0.3 is 0 Å². The molecule has 126 valence electrons. The van der Waals surface area contributed by atoms with E-state index in [4.69, 9.17) is 11.6 Å². The van der Waals surface area contributed by atoms with Gasteiger partial charge in [-0.25, -0.2) is 4.98 Å². The van der Waals surface area contributed by atoms with Crippen molar-refractivity contribution in [1.82, 2.24) is 10.3 Å². The zero-order valence-corrected chi connectivity index (χ0v) is 14.9. The summed E-state index contributed by atoms with van der Waals surface area (Å²) in [5, 5.41) is 9.82. The Morgan fingerprint density at radius 1 is 1.29 bits per heavy atom. The molecule has 0 saturated carbocycles. The Labute approximate surface area is 150 Å². The van der Waals surface area contributed by atoms with Gasteiger partial charge in [-0.15, -0.1) is 11.3 Å². The number of hydrogen-bond donors (Lipinski definition) is 2. The second-order valence-corrected chi connectivity index (χ2v) is 8.01. The lowest BCUT2D eigenvalue weighted by Gasteiger charge is -2.28. The van der Waals surface area contributed by atoms with Crippen LogP contribution in [0.2, 0.25) is 5.02 Å². The molecule has 1 amide bonds. The van der Waals surface area contributed by atoms with E-state index >= 15 is 0 Å². The highest BCUT2D eigenvalue weighted by Crippen LogP contribution is 2.33. The van der Waals surface area contributed by atoms with E-state index in [1.54, 1.807) is 0 Å². The minimum Gasteiger partial charge on any atom is -0.311 e. The molecule has 4 nitrogen and oxygen atoms in total. The fourth-order valence-corrected chi connectivity index (χ4v) is 4.86. The maximum absolute atomic E-state index is 12.3. The summed E-state index contributed by atoms with van der Waals surface area (Å²) in [6, 6.07) is 8.85. The number of amides is 1. The number of hydrogen-bond acceptors (Lipinski definition) is 4. The van der Waals surface area contributed by atoms with Crippen molar-refractivity contribution in [3.8, 4) is 11.3 Å². The second-order valence-electron chi connectivity index (χ2n) is 6.75. The molecule has 2 bridgehead atoms. The molecule has 2 aliphatic rings. The van der Waals surface area contributed by atoms with Crippen molar-refractivity contribution in [1.29, 1.82) is 0 Å². The summed E-state index contributed by atoms with van der Waals surface area (Å²) in [5.74, 6) is 0.563. The number of aromatic nitrogens is 1. The summed E-state index contributed by atoms with van der Waals surface area (Å²) in [6.07, 6.45) is 5.35. The topological polar surface area (TPSA) is 54.0 Å². The third-order valence-corrected chi connectivity index (χ3v) is 6.03. The van der Waals surface area contributed by atoms with Gasteiger partial charge in [0.2, 0.25) is 5.91 Å². The Kier molecular flexibility index (Phi) is 4.57. The third-order valence-electron chi connectivity index (χ3n) is 4.95. The first-order valence-corrected chi connectivity index (χ1v) is 9.69. The van der Waals surface area contributed by atoms with E-state index in [1.807, 2.05) is 29.6 Å². The minimum atomic E-state index is 0.0707. The summed E-state index contributed by atoms with van der Waals surface area (Å²) in [6.45, 7) is 0. The Morgan fingerprint density at radius 3 is 2.79 bits per heavy atom. The third kappa shape index (κ3) is 3.48. The van der Waals surface area contributed by atoms with Crippen LogP contribution >= 0.6 is 22.9 Å². The van der Waals surface area contributed by atoms with Crippen molar-refractivity contribution >= 4 is 34.0 Å². The summed E-state index contributed by atoms with van der Waals surface area (Å²) in [4.78, 5) is 16.8. The quantitative estimate of drug-likeness (QED) is 0.852. The van der Waals surface area contributed by atoms with Crippen molar-refractivity contribution in [2.45, 2.75) is 44.2 Å². The van der Waals surface area contributed by atoms with Gasteiger partial charge in [-0.05, 0) is 37.7 Å². The molecule has 2 unspecified atom stereocenters. The number of nitrogens with zero attached hydrogens (tertiary/aromatic N) is 1. The molecule has 2 aliphatic heterocycles. The van der Waals surface area contributed by atoms with Crippen LogP contribution in [0.25, 0.3) is 11.3 Å². The number of piperidine rings is 1. The van der Waals surface area contributed by atoms with Crippen molar-refractivity contribution in [2.75, 3.05) is 5.32 Å². The lowest BCUT2D eigenvalue weighted by atomic mass is 9.89. The van der Waals surface area contributed by atoms with Gasteiger partial charge in [-0.3, -0.25) is 4.79 Å². The van der Waals surface area contributed by atoms with Gasteiger partial charge in [0.15, 0.2) is 5.13 Å². The van der Waals surface area contributed by atoms with Crippen LogP contribution < -0.4 is 10.6 Å². The van der Waals surface area contributed by atoms with E-state index in [0.717, 1.165) is 24.1 Å². The molecule has 0 radical (unpaired) electrons. The molecule has 3 heterocycles. The number of carbonyl (C=O) groups excluding carboxylic acids is 1. The van der Waals surface area contributed by atoms with Gasteiger partial charge < -0.3 is 10.6 Å². The van der Waals surface area contributed by atoms with E-state index in [2.05, 4.69) is 15.6 Å². The Bertz CT molecular complexity index is 735. The fraction of sp³-hybridized carbons (Fsp3) is 0.444. The highest BCUT2D eigenvalue weighted by atomic mass is 35.5. The van der Waals surface area contributed by atoms with E-state index in [9.17, 15) is 4.79 Å². The predicted octanol–water partition coefficient (Wildman–Crippen LogP) is 4.32. The molecule has 1 aromatic heterocycles. The number of anilines is 1. The lowest BCUT2D eigenvalue weighted by molar-refractivity contribution is -0.117. The minimum absolute atomic E-state index is 0.0707. The standard InChI is InChI=1S/C18H20ClN3OS/c19-15-4-2-1-3-14(15)16-10-24-18(21-16)22-17(23)9-11-7-12-5-6-13(8-11)20-12/h1-4,10-13,20H,5-9H2,(H,21,22,23).